The van der Waals surface area contributed by atoms with Crippen LogP contribution in [0.2, 0.25) is 0 Å². The van der Waals surface area contributed by atoms with Crippen LogP contribution in [0.3, 0.4) is 0 Å². The molecule has 0 aromatic carbocycles. The highest BCUT2D eigenvalue weighted by Crippen LogP contribution is 2.24. The average Bonchev–Trinajstić information content (AvgIpc) is 2.14. The van der Waals surface area contributed by atoms with E-state index in [1.165, 1.54) is 0 Å². The van der Waals surface area contributed by atoms with Crippen molar-refractivity contribution in [2.24, 2.45) is 0 Å². The Bertz CT molecular complexity index is 221. The first-order valence-electron chi connectivity index (χ1n) is 4.82. The van der Waals surface area contributed by atoms with Crippen LogP contribution in [0.5, 0.6) is 0 Å². The number of alkyl halides is 3. The summed E-state index contributed by atoms with van der Waals surface area (Å²) in [4.78, 5) is 10.8. The normalized spacial score (nSPS) is 11.2. The van der Waals surface area contributed by atoms with Gasteiger partial charge < -0.3 is 4.74 Å². The highest BCUT2D eigenvalue weighted by Gasteiger charge is 2.37. The average molecular weight is 224 g/mol. The molecule has 0 N–H and O–H groups in total. The number of hydrogen-bond donors (Lipinski definition) is 0. The third-order valence-electron chi connectivity index (χ3n) is 1.82. The summed E-state index contributed by atoms with van der Waals surface area (Å²) in [5.74, 6) is -1.38. The zero-order chi connectivity index (χ0) is 11.9. The van der Waals surface area contributed by atoms with Crippen molar-refractivity contribution in [3.05, 3.63) is 12.2 Å². The SMILES string of the molecule is C=C(C(=O)OCCCCCC)C(F)(F)F. The zero-order valence-corrected chi connectivity index (χ0v) is 8.69. The number of halogens is 3. The van der Waals surface area contributed by atoms with Gasteiger partial charge in [0.1, 0.15) is 5.57 Å². The summed E-state index contributed by atoms with van der Waals surface area (Å²) in [6.45, 7) is 4.67. The molecule has 0 saturated carbocycles. The molecule has 2 nitrogen and oxygen atoms in total. The van der Waals surface area contributed by atoms with E-state index in [0.717, 1.165) is 19.3 Å². The first kappa shape index (κ1) is 14.0. The smallest absolute Gasteiger partial charge is 0.422 e. The number of hydrogen-bond acceptors (Lipinski definition) is 2. The second-order valence-corrected chi connectivity index (χ2v) is 3.17. The van der Waals surface area contributed by atoms with Gasteiger partial charge in [-0.2, -0.15) is 13.2 Å². The number of carbonyl (C=O) groups excluding carboxylic acids is 1. The Morgan fingerprint density at radius 1 is 1.27 bits per heavy atom. The second kappa shape index (κ2) is 6.48. The van der Waals surface area contributed by atoms with Crippen LogP contribution in [0.25, 0.3) is 0 Å². The summed E-state index contributed by atoms with van der Waals surface area (Å²) in [7, 11) is 0. The molecule has 88 valence electrons. The lowest BCUT2D eigenvalue weighted by Crippen LogP contribution is -2.21. The molecule has 0 atom stereocenters. The lowest BCUT2D eigenvalue weighted by atomic mass is 10.2. The topological polar surface area (TPSA) is 26.3 Å². The van der Waals surface area contributed by atoms with Crippen LogP contribution in [0.1, 0.15) is 32.6 Å². The maximum atomic E-state index is 11.9. The fourth-order valence-corrected chi connectivity index (χ4v) is 0.897. The molecule has 0 unspecified atom stereocenters. The molecule has 0 aliphatic rings. The number of carbonyl (C=O) groups is 1. The maximum absolute atomic E-state index is 11.9. The molecule has 0 fully saturated rings. The highest BCUT2D eigenvalue weighted by atomic mass is 19.4. The van der Waals surface area contributed by atoms with Gasteiger partial charge in [0, 0.05) is 0 Å². The fourth-order valence-electron chi connectivity index (χ4n) is 0.897. The lowest BCUT2D eigenvalue weighted by molar-refractivity contribution is -0.150. The Hall–Kier alpha value is -1.00. The quantitative estimate of drug-likeness (QED) is 0.393. The molecule has 0 aromatic rings. The Morgan fingerprint density at radius 3 is 2.33 bits per heavy atom. The van der Waals surface area contributed by atoms with Gasteiger partial charge in [0.25, 0.3) is 0 Å². The predicted octanol–water partition coefficient (Wildman–Crippen LogP) is 3.23. The van der Waals surface area contributed by atoms with Gasteiger partial charge in [-0.15, -0.1) is 0 Å². The van der Waals surface area contributed by atoms with E-state index in [-0.39, 0.29) is 6.61 Å². The molecule has 0 rings (SSSR count). The van der Waals surface area contributed by atoms with Gasteiger partial charge in [0.05, 0.1) is 6.61 Å². The largest absolute Gasteiger partial charge is 0.462 e. The van der Waals surface area contributed by atoms with E-state index in [2.05, 4.69) is 11.3 Å². The Kier molecular flexibility index (Phi) is 6.05. The summed E-state index contributed by atoms with van der Waals surface area (Å²) in [5, 5.41) is 0. The predicted molar refractivity (Wildman–Crippen MR) is 50.3 cm³/mol. The lowest BCUT2D eigenvalue weighted by Gasteiger charge is -2.09. The van der Waals surface area contributed by atoms with E-state index in [0.29, 0.717) is 6.42 Å². The van der Waals surface area contributed by atoms with Gasteiger partial charge in [-0.05, 0) is 6.42 Å². The van der Waals surface area contributed by atoms with Crippen LogP contribution in [0.15, 0.2) is 12.2 Å². The number of rotatable bonds is 6. The molecule has 0 amide bonds. The molecule has 0 aromatic heterocycles. The molecular weight excluding hydrogens is 209 g/mol. The van der Waals surface area contributed by atoms with Gasteiger partial charge in [-0.25, -0.2) is 4.79 Å². The Balaban J connectivity index is 3.71. The monoisotopic (exact) mass is 224 g/mol. The molecule has 0 saturated heterocycles. The van der Waals surface area contributed by atoms with Crippen LogP contribution < -0.4 is 0 Å². The maximum Gasteiger partial charge on any atom is 0.422 e. The van der Waals surface area contributed by atoms with Gasteiger partial charge in [0.2, 0.25) is 0 Å². The third-order valence-corrected chi connectivity index (χ3v) is 1.82. The molecule has 0 spiro atoms. The van der Waals surface area contributed by atoms with Crippen molar-refractivity contribution in [2.75, 3.05) is 6.61 Å². The second-order valence-electron chi connectivity index (χ2n) is 3.17. The number of unbranched alkanes of at least 4 members (excludes halogenated alkanes) is 3. The standard InChI is InChI=1S/C10H15F3O2/c1-3-4-5-6-7-15-9(14)8(2)10(11,12)13/h2-7H2,1H3. The molecule has 5 heteroatoms. The van der Waals surface area contributed by atoms with Crippen LogP contribution in [0.4, 0.5) is 13.2 Å². The Labute approximate surface area is 87.1 Å². The summed E-state index contributed by atoms with van der Waals surface area (Å²) >= 11 is 0. The Morgan fingerprint density at radius 2 is 1.87 bits per heavy atom. The minimum atomic E-state index is -4.69. The van der Waals surface area contributed by atoms with Gasteiger partial charge in [0.15, 0.2) is 0 Å². The van der Waals surface area contributed by atoms with Crippen molar-refractivity contribution in [2.45, 2.75) is 38.8 Å². The molecule has 0 aliphatic carbocycles. The van der Waals surface area contributed by atoms with E-state index in [9.17, 15) is 18.0 Å². The van der Waals surface area contributed by atoms with Crippen molar-refractivity contribution in [3.8, 4) is 0 Å². The van der Waals surface area contributed by atoms with Crippen LogP contribution in [-0.2, 0) is 9.53 Å². The zero-order valence-electron chi connectivity index (χ0n) is 8.69. The molecule has 0 bridgehead atoms. The molecule has 0 aliphatic heterocycles. The van der Waals surface area contributed by atoms with Gasteiger partial charge in [-0.3, -0.25) is 0 Å². The first-order chi connectivity index (χ1) is 6.89. The molecule has 0 heterocycles. The summed E-state index contributed by atoms with van der Waals surface area (Å²) in [6.07, 6.45) is -1.26. The minimum absolute atomic E-state index is 0.0218. The summed E-state index contributed by atoms with van der Waals surface area (Å²) < 4.78 is 40.2. The van der Waals surface area contributed by atoms with Crippen LogP contribution in [0, 0.1) is 0 Å². The fraction of sp³-hybridized carbons (Fsp3) is 0.700. The van der Waals surface area contributed by atoms with Crippen LogP contribution in [-0.4, -0.2) is 18.8 Å². The van der Waals surface area contributed by atoms with E-state index in [4.69, 9.17) is 0 Å². The van der Waals surface area contributed by atoms with E-state index < -0.39 is 17.7 Å². The van der Waals surface area contributed by atoms with Gasteiger partial charge >= 0.3 is 12.1 Å². The molecule has 0 radical (unpaired) electrons. The number of ether oxygens (including phenoxy) is 1. The van der Waals surface area contributed by atoms with Crippen molar-refractivity contribution >= 4 is 5.97 Å². The third kappa shape index (κ3) is 6.14. The van der Waals surface area contributed by atoms with Crippen molar-refractivity contribution in [1.29, 1.82) is 0 Å². The van der Waals surface area contributed by atoms with E-state index in [1.807, 2.05) is 6.92 Å². The van der Waals surface area contributed by atoms with E-state index >= 15 is 0 Å². The van der Waals surface area contributed by atoms with Gasteiger partial charge in [-0.1, -0.05) is 32.8 Å². The highest BCUT2D eigenvalue weighted by molar-refractivity contribution is 5.89. The summed E-state index contributed by atoms with van der Waals surface area (Å²) in [5.41, 5.74) is -1.45. The first-order valence-corrected chi connectivity index (χ1v) is 4.82. The summed E-state index contributed by atoms with van der Waals surface area (Å²) in [6, 6.07) is 0. The van der Waals surface area contributed by atoms with Crippen molar-refractivity contribution < 1.29 is 22.7 Å². The van der Waals surface area contributed by atoms with Crippen molar-refractivity contribution in [3.63, 3.8) is 0 Å². The molecular formula is C10H15F3O2. The van der Waals surface area contributed by atoms with Crippen LogP contribution >= 0.6 is 0 Å². The molecule has 15 heavy (non-hydrogen) atoms. The van der Waals surface area contributed by atoms with Crippen molar-refractivity contribution in [1.82, 2.24) is 0 Å². The number of esters is 1. The minimum Gasteiger partial charge on any atom is -0.462 e. The van der Waals surface area contributed by atoms with E-state index in [1.54, 1.807) is 0 Å².